The molecule has 0 bridgehead atoms. The molecule has 0 aliphatic carbocycles. The molecular formula is C17H24O2SSi. The molecule has 1 aromatic carbocycles. The van der Waals surface area contributed by atoms with E-state index in [4.69, 9.17) is 4.42 Å². The molecule has 114 valence electrons. The van der Waals surface area contributed by atoms with E-state index in [1.807, 2.05) is 23.9 Å². The van der Waals surface area contributed by atoms with E-state index >= 15 is 0 Å². The van der Waals surface area contributed by atoms with Gasteiger partial charge in [-0.1, -0.05) is 26.9 Å². The lowest BCUT2D eigenvalue weighted by Crippen LogP contribution is -2.43. The number of benzene rings is 1. The van der Waals surface area contributed by atoms with Gasteiger partial charge in [-0.2, -0.15) is 0 Å². The minimum Gasteiger partial charge on any atom is -0.508 e. The number of hydrogen-bond acceptors (Lipinski definition) is 3. The van der Waals surface area contributed by atoms with Crippen molar-refractivity contribution >= 4 is 25.2 Å². The molecule has 0 saturated carbocycles. The lowest BCUT2D eigenvalue weighted by Gasteiger charge is -2.20. The summed E-state index contributed by atoms with van der Waals surface area (Å²) < 4.78 is 5.62. The molecule has 2 aromatic rings. The van der Waals surface area contributed by atoms with Gasteiger partial charge in [0, 0.05) is 10.3 Å². The summed E-state index contributed by atoms with van der Waals surface area (Å²) in [4.78, 5) is 1.30. The molecule has 0 radical (unpaired) electrons. The monoisotopic (exact) mass is 320 g/mol. The van der Waals surface area contributed by atoms with Gasteiger partial charge in [-0.3, -0.25) is 0 Å². The predicted octanol–water partition coefficient (Wildman–Crippen LogP) is 4.36. The fraction of sp³-hybridized carbons (Fsp3) is 0.412. The summed E-state index contributed by atoms with van der Waals surface area (Å²) in [6.45, 7) is 8.90. The van der Waals surface area contributed by atoms with Crippen molar-refractivity contribution in [2.75, 3.05) is 5.38 Å². The van der Waals surface area contributed by atoms with Crippen molar-refractivity contribution in [3.63, 3.8) is 0 Å². The molecule has 0 aliphatic heterocycles. The van der Waals surface area contributed by atoms with Gasteiger partial charge in [0.05, 0.1) is 11.6 Å². The number of phenols is 1. The van der Waals surface area contributed by atoms with E-state index in [1.165, 1.54) is 10.5 Å². The number of thioether (sulfide) groups is 1. The maximum Gasteiger partial charge on any atom is 0.136 e. The van der Waals surface area contributed by atoms with Gasteiger partial charge in [0.2, 0.25) is 0 Å². The fourth-order valence-electron chi connectivity index (χ4n) is 2.34. The third kappa shape index (κ3) is 3.74. The van der Waals surface area contributed by atoms with Crippen molar-refractivity contribution < 1.29 is 9.52 Å². The van der Waals surface area contributed by atoms with Crippen molar-refractivity contribution in [1.82, 2.24) is 0 Å². The highest BCUT2D eigenvalue weighted by atomic mass is 32.2. The topological polar surface area (TPSA) is 33.4 Å². The van der Waals surface area contributed by atoms with Gasteiger partial charge in [0.1, 0.15) is 13.8 Å². The van der Waals surface area contributed by atoms with Crippen LogP contribution in [0.15, 0.2) is 39.8 Å². The summed E-state index contributed by atoms with van der Waals surface area (Å²) in [7, 11) is -1.55. The molecule has 21 heavy (non-hydrogen) atoms. The van der Waals surface area contributed by atoms with Crippen molar-refractivity contribution in [3.8, 4) is 5.75 Å². The summed E-state index contributed by atoms with van der Waals surface area (Å²) in [5.74, 6) is 0.432. The van der Waals surface area contributed by atoms with Crippen LogP contribution in [0.5, 0.6) is 5.75 Å². The Labute approximate surface area is 132 Å². The smallest absolute Gasteiger partial charge is 0.136 e. The van der Waals surface area contributed by atoms with Crippen LogP contribution in [0.25, 0.3) is 0 Å². The van der Waals surface area contributed by atoms with E-state index in [1.54, 1.807) is 6.26 Å². The zero-order valence-electron chi connectivity index (χ0n) is 13.3. The molecule has 1 N–H and O–H groups in total. The second-order valence-corrected chi connectivity index (χ2v) is 12.1. The minimum absolute atomic E-state index is 0.432. The van der Waals surface area contributed by atoms with Crippen molar-refractivity contribution in [3.05, 3.63) is 41.7 Å². The molecule has 0 amide bonds. The molecule has 0 atom stereocenters. The molecule has 0 saturated heterocycles. The Hall–Kier alpha value is -1.13. The minimum atomic E-state index is -1.55. The van der Waals surface area contributed by atoms with E-state index in [-0.39, 0.29) is 0 Å². The average Bonchev–Trinajstić information content (AvgIpc) is 3.00. The van der Waals surface area contributed by atoms with Crippen molar-refractivity contribution in [2.45, 2.75) is 44.7 Å². The molecule has 0 spiro atoms. The molecule has 0 unspecified atom stereocenters. The van der Waals surface area contributed by atoms with Crippen molar-refractivity contribution in [1.29, 1.82) is 0 Å². The molecule has 2 rings (SSSR count). The van der Waals surface area contributed by atoms with Crippen molar-refractivity contribution in [2.24, 2.45) is 0 Å². The highest BCUT2D eigenvalue weighted by Gasteiger charge is 2.27. The number of aryl methyl sites for hydroxylation is 2. The maximum atomic E-state index is 10.0. The van der Waals surface area contributed by atoms with Crippen LogP contribution >= 0.6 is 11.8 Å². The van der Waals surface area contributed by atoms with Crippen LogP contribution in [-0.4, -0.2) is 18.6 Å². The van der Waals surface area contributed by atoms with E-state index in [0.29, 0.717) is 5.75 Å². The number of phenolic OH excluding ortho intramolecular Hbond substituents is 1. The van der Waals surface area contributed by atoms with Gasteiger partial charge in [-0.15, -0.1) is 11.8 Å². The standard InChI is InChI=1S/C17H24O2SSi/c1-5-13-11-16(14(6-2)10-15(13)18)20-12-21(3,4)17-8-7-9-19-17/h7-11,18H,5-6,12H2,1-4H3. The first-order chi connectivity index (χ1) is 9.97. The molecular weight excluding hydrogens is 296 g/mol. The highest BCUT2D eigenvalue weighted by molar-refractivity contribution is 8.01. The van der Waals surface area contributed by atoms with Gasteiger partial charge in [-0.25, -0.2) is 0 Å². The van der Waals surface area contributed by atoms with Crippen LogP contribution in [-0.2, 0) is 12.8 Å². The summed E-state index contributed by atoms with van der Waals surface area (Å²) in [5.41, 5.74) is 2.27. The van der Waals surface area contributed by atoms with Gasteiger partial charge in [0.15, 0.2) is 0 Å². The Balaban J connectivity index is 2.19. The van der Waals surface area contributed by atoms with Crippen LogP contribution in [0.2, 0.25) is 13.1 Å². The van der Waals surface area contributed by atoms with Crippen LogP contribution < -0.4 is 5.38 Å². The molecule has 4 heteroatoms. The zero-order chi connectivity index (χ0) is 15.5. The second-order valence-electron chi connectivity index (χ2n) is 5.95. The Morgan fingerprint density at radius 2 is 1.86 bits per heavy atom. The van der Waals surface area contributed by atoms with Gasteiger partial charge in [-0.05, 0) is 48.2 Å². The van der Waals surface area contributed by atoms with E-state index in [0.717, 1.165) is 29.2 Å². The summed E-state index contributed by atoms with van der Waals surface area (Å²) in [6.07, 6.45) is 3.58. The predicted molar refractivity (Wildman–Crippen MR) is 93.4 cm³/mol. The van der Waals surface area contributed by atoms with Crippen LogP contribution in [0.1, 0.15) is 25.0 Å². The Kier molecular flexibility index (Phi) is 5.22. The highest BCUT2D eigenvalue weighted by Crippen LogP contribution is 2.32. The third-order valence-corrected chi connectivity index (χ3v) is 9.57. The van der Waals surface area contributed by atoms with Gasteiger partial charge >= 0.3 is 0 Å². The molecule has 1 aromatic heterocycles. The molecule has 0 aliphatic rings. The zero-order valence-corrected chi connectivity index (χ0v) is 15.1. The summed E-state index contributed by atoms with van der Waals surface area (Å²) in [5, 5.41) is 12.2. The normalized spacial score (nSPS) is 11.8. The van der Waals surface area contributed by atoms with E-state index < -0.39 is 8.07 Å². The number of aromatic hydroxyl groups is 1. The second kappa shape index (κ2) is 6.75. The lowest BCUT2D eigenvalue weighted by atomic mass is 10.1. The van der Waals surface area contributed by atoms with Crippen LogP contribution in [0, 0.1) is 0 Å². The number of hydrogen-bond donors (Lipinski definition) is 1. The molecule has 2 nitrogen and oxygen atoms in total. The first-order valence-corrected chi connectivity index (χ1v) is 11.7. The average molecular weight is 321 g/mol. The number of furan rings is 1. The summed E-state index contributed by atoms with van der Waals surface area (Å²) in [6, 6.07) is 8.16. The third-order valence-electron chi connectivity index (χ3n) is 3.80. The van der Waals surface area contributed by atoms with E-state index in [2.05, 4.69) is 39.1 Å². The Morgan fingerprint density at radius 3 is 2.43 bits per heavy atom. The largest absolute Gasteiger partial charge is 0.508 e. The van der Waals surface area contributed by atoms with E-state index in [9.17, 15) is 5.11 Å². The molecule has 0 fully saturated rings. The Morgan fingerprint density at radius 1 is 1.14 bits per heavy atom. The van der Waals surface area contributed by atoms with Crippen LogP contribution in [0.3, 0.4) is 0 Å². The first-order valence-electron chi connectivity index (χ1n) is 7.49. The molecule has 1 heterocycles. The fourth-order valence-corrected chi connectivity index (χ4v) is 6.52. The Bertz CT molecular complexity index is 591. The maximum absolute atomic E-state index is 10.0. The van der Waals surface area contributed by atoms with Gasteiger partial charge < -0.3 is 9.52 Å². The summed E-state index contributed by atoms with van der Waals surface area (Å²) >= 11 is 1.91. The van der Waals surface area contributed by atoms with Crippen LogP contribution in [0.4, 0.5) is 0 Å². The SMILES string of the molecule is CCc1cc(SC[Si](C)(C)c2ccco2)c(CC)cc1O. The van der Waals surface area contributed by atoms with Gasteiger partial charge in [0.25, 0.3) is 0 Å². The first kappa shape index (κ1) is 16.2. The quantitative estimate of drug-likeness (QED) is 0.634. The number of rotatable bonds is 6. The lowest BCUT2D eigenvalue weighted by molar-refractivity contribution is 0.467.